The Balaban J connectivity index is 3.85. The van der Waals surface area contributed by atoms with E-state index in [-0.39, 0.29) is 0 Å². The van der Waals surface area contributed by atoms with Crippen LogP contribution in [-0.4, -0.2) is 86.1 Å². The van der Waals surface area contributed by atoms with Gasteiger partial charge in [0.15, 0.2) is 0 Å². The number of hydrogen-bond acceptors (Lipinski definition) is 0. The van der Waals surface area contributed by atoms with Crippen molar-refractivity contribution in [2.24, 2.45) is 0 Å². The van der Waals surface area contributed by atoms with Gasteiger partial charge in [0.05, 0.1) is 46.4 Å². The van der Waals surface area contributed by atoms with Gasteiger partial charge < -0.3 is 0 Å². The Bertz CT molecular complexity index is 103. The molecule has 0 aliphatic carbocycles. The quantitative estimate of drug-likeness (QED) is 0.336. The van der Waals surface area contributed by atoms with E-state index in [0.29, 0.717) is 0 Å². The summed E-state index contributed by atoms with van der Waals surface area (Å²) < 4.78 is 0. The molecule has 0 aliphatic heterocycles. The first-order valence-electron chi connectivity index (χ1n) is 5.49. The second kappa shape index (κ2) is 6.27. The summed E-state index contributed by atoms with van der Waals surface area (Å²) in [5, 5.41) is 0. The first kappa shape index (κ1) is 12.8. The minimum Gasteiger partial charge on any atom is 0.0122 e. The molecule has 0 atom stereocenters. The third-order valence-corrected chi connectivity index (χ3v) is 3.28. The summed E-state index contributed by atoms with van der Waals surface area (Å²) in [4.78, 5) is 0. The topological polar surface area (TPSA) is 0 Å². The van der Waals surface area contributed by atoms with E-state index in [1.807, 2.05) is 0 Å². The molecule has 0 saturated carbocycles. The van der Waals surface area contributed by atoms with Gasteiger partial charge in [0.2, 0.25) is 0 Å². The second-order valence-corrected chi connectivity index (χ2v) is 4.87. The van der Waals surface area contributed by atoms with Crippen LogP contribution >= 0.6 is 0 Å². The van der Waals surface area contributed by atoms with E-state index < -0.39 is 0 Å². The Hall–Kier alpha value is 0.779. The highest BCUT2D eigenvalue weighted by molar-refractivity contribution is 7.96. The van der Waals surface area contributed by atoms with E-state index in [9.17, 15) is 0 Å². The molecule has 0 heterocycles. The molecule has 12 heteroatoms. The fraction of sp³-hybridized carbons (Fsp3) is 0. The molecule has 50 valence electrons. The van der Waals surface area contributed by atoms with Crippen molar-refractivity contribution in [1.29, 1.82) is 0 Å². The van der Waals surface area contributed by atoms with Gasteiger partial charge >= 0.3 is 0 Å². The van der Waals surface area contributed by atoms with Crippen LogP contribution in [0.4, 0.5) is 0 Å². The van der Waals surface area contributed by atoms with Crippen molar-refractivity contribution >= 4 is 86.1 Å². The largest absolute Gasteiger partial charge is 0.0593 e. The highest BCUT2D eigenvalue weighted by Gasteiger charge is 2.23. The fourth-order valence-corrected chi connectivity index (χ4v) is 1.66. The Morgan fingerprint density at radius 2 is 1.33 bits per heavy atom. The fourth-order valence-electron chi connectivity index (χ4n) is 1.66. The van der Waals surface area contributed by atoms with E-state index >= 15 is 0 Å². The molecule has 0 saturated heterocycles. The lowest BCUT2D eigenvalue weighted by atomic mass is 8.61. The average Bonchev–Trinajstić information content (AvgIpc) is 1.98. The minimum atomic E-state index is 0.845. The van der Waals surface area contributed by atoms with Gasteiger partial charge in [-0.3, -0.25) is 0 Å². The van der Waals surface area contributed by atoms with E-state index in [4.69, 9.17) is 0 Å². The summed E-state index contributed by atoms with van der Waals surface area (Å²) in [5.74, 6) is 0. The van der Waals surface area contributed by atoms with Gasteiger partial charge in [-0.15, -0.1) is 0 Å². The van der Waals surface area contributed by atoms with Gasteiger partial charge in [0.1, 0.15) is 0 Å². The molecule has 0 radical (unpaired) electrons. The molecule has 0 aromatic carbocycles. The van der Waals surface area contributed by atoms with Crippen molar-refractivity contribution in [1.82, 2.24) is 0 Å². The maximum absolute atomic E-state index is 2.38. The third-order valence-electron chi connectivity index (χ3n) is 3.28. The summed E-state index contributed by atoms with van der Waals surface area (Å²) >= 11 is 0. The van der Waals surface area contributed by atoms with E-state index in [1.165, 1.54) is 14.1 Å². The SMILES string of the molecule is BBB(BB(B)B(B)B)B(B)B. The van der Waals surface area contributed by atoms with E-state index in [1.54, 1.807) is 0 Å². The highest BCUT2D eigenvalue weighted by atomic mass is 13.0. The van der Waals surface area contributed by atoms with Crippen molar-refractivity contribution in [3.05, 3.63) is 0 Å². The van der Waals surface area contributed by atoms with Gasteiger partial charge in [-0.1, -0.05) is 0 Å². The van der Waals surface area contributed by atoms with Crippen molar-refractivity contribution < 1.29 is 0 Å². The molecular weight excluding hydrogens is 130 g/mol. The summed E-state index contributed by atoms with van der Waals surface area (Å²) in [6, 6.07) is 0. The van der Waals surface area contributed by atoms with Gasteiger partial charge in [0, 0.05) is 39.7 Å². The van der Waals surface area contributed by atoms with Crippen LogP contribution in [0, 0.1) is 0 Å². The van der Waals surface area contributed by atoms with Gasteiger partial charge in [-0.25, -0.2) is 0 Å². The van der Waals surface area contributed by atoms with Crippen LogP contribution < -0.4 is 0 Å². The summed E-state index contributed by atoms with van der Waals surface area (Å²) in [6.45, 7) is 0. The maximum Gasteiger partial charge on any atom is 0.0593 e. The smallest absolute Gasteiger partial charge is 0.0122 e. The predicted molar refractivity (Wildman–Crippen MR) is 88.6 cm³/mol. The van der Waals surface area contributed by atoms with E-state index in [0.717, 1.165) is 25.5 Å². The Kier molecular flexibility index (Phi) is 6.67. The maximum atomic E-state index is 2.38. The molecule has 0 fully saturated rings. The molecule has 0 unspecified atom stereocenters. The predicted octanol–water partition coefficient (Wildman–Crippen LogP) is -8.32. The molecule has 0 aromatic heterocycles. The summed E-state index contributed by atoms with van der Waals surface area (Å²) in [5.41, 5.74) is 0. The van der Waals surface area contributed by atoms with Crippen molar-refractivity contribution in [2.75, 3.05) is 0 Å². The minimum absolute atomic E-state index is 0.845. The summed E-state index contributed by atoms with van der Waals surface area (Å²) in [7, 11) is 16.8. The zero-order chi connectivity index (χ0) is 9.72. The van der Waals surface area contributed by atoms with Crippen LogP contribution in [0.15, 0.2) is 0 Å². The number of rotatable bonds is 5. The van der Waals surface area contributed by atoms with Crippen molar-refractivity contribution in [3.63, 3.8) is 0 Å². The molecule has 0 aliphatic rings. The first-order valence-corrected chi connectivity index (χ1v) is 5.49. The van der Waals surface area contributed by atoms with Crippen LogP contribution in [0.5, 0.6) is 0 Å². The van der Waals surface area contributed by atoms with Crippen molar-refractivity contribution in [2.45, 2.75) is 0 Å². The Morgan fingerprint density at radius 3 is 1.58 bits per heavy atom. The molecule has 0 nitrogen and oxygen atoms in total. The molecule has 0 spiro atoms. The lowest BCUT2D eigenvalue weighted by molar-refractivity contribution is 3.55. The third kappa shape index (κ3) is 4.72. The monoisotopic (exact) mass is 146 g/mol. The molecule has 0 rings (SSSR count). The van der Waals surface area contributed by atoms with Crippen LogP contribution in [0.25, 0.3) is 0 Å². The van der Waals surface area contributed by atoms with Crippen LogP contribution in [0.2, 0.25) is 0 Å². The highest BCUT2D eigenvalue weighted by Crippen LogP contribution is 1.83. The second-order valence-electron chi connectivity index (χ2n) is 4.87. The lowest BCUT2D eigenvalue weighted by Crippen LogP contribution is -2.58. The van der Waals surface area contributed by atoms with Gasteiger partial charge in [-0.2, -0.15) is 0 Å². The standard InChI is InChI=1S/B12H14/c1-7-12(10(4)5)8-11(6)9(2)3/h7-8H,1-6H2. The van der Waals surface area contributed by atoms with Crippen LogP contribution in [0.1, 0.15) is 0 Å². The zero-order valence-electron chi connectivity index (χ0n) is 9.72. The zero-order valence-corrected chi connectivity index (χ0v) is 9.72. The lowest BCUT2D eigenvalue weighted by Gasteiger charge is -2.17. The molecule has 0 aromatic rings. The normalized spacial score (nSPS) is 8.33. The molecular formula is H14B12. The molecule has 12 heavy (non-hydrogen) atoms. The van der Waals surface area contributed by atoms with Gasteiger partial charge in [0.25, 0.3) is 0 Å². The van der Waals surface area contributed by atoms with Gasteiger partial charge in [-0.05, 0) is 0 Å². The first-order chi connectivity index (χ1) is 5.49. The molecule has 0 bridgehead atoms. The molecule has 0 amide bonds. The van der Waals surface area contributed by atoms with Crippen LogP contribution in [-0.2, 0) is 0 Å². The Labute approximate surface area is 86.4 Å². The Morgan fingerprint density at radius 1 is 0.833 bits per heavy atom. The number of hydrogen-bond donors (Lipinski definition) is 0. The van der Waals surface area contributed by atoms with Crippen LogP contribution in [0.3, 0.4) is 0 Å². The summed E-state index contributed by atoms with van der Waals surface area (Å²) in [6.07, 6.45) is 3.52. The van der Waals surface area contributed by atoms with E-state index in [2.05, 4.69) is 46.4 Å². The average molecular weight is 144 g/mol. The van der Waals surface area contributed by atoms with Crippen molar-refractivity contribution in [3.8, 4) is 0 Å². The molecule has 0 N–H and O–H groups in total.